The van der Waals surface area contributed by atoms with Crippen LogP contribution in [0.1, 0.15) is 30.7 Å². The van der Waals surface area contributed by atoms with E-state index in [1.807, 2.05) is 6.92 Å². The van der Waals surface area contributed by atoms with Gasteiger partial charge in [0, 0.05) is 31.4 Å². The summed E-state index contributed by atoms with van der Waals surface area (Å²) in [6.45, 7) is 6.20. The van der Waals surface area contributed by atoms with E-state index in [9.17, 15) is 0 Å². The van der Waals surface area contributed by atoms with E-state index in [1.165, 1.54) is 25.8 Å². The molecule has 1 aromatic rings. The number of hydrogen-bond acceptors (Lipinski definition) is 5. The topological polar surface area (TPSA) is 56.1 Å². The van der Waals surface area contributed by atoms with Gasteiger partial charge in [0.1, 0.15) is 11.8 Å². The Morgan fingerprint density at radius 1 is 1.26 bits per heavy atom. The number of fused-ring (bicyclic) bond motifs is 1. The minimum atomic E-state index is 0.466. The summed E-state index contributed by atoms with van der Waals surface area (Å²) >= 11 is 0. The summed E-state index contributed by atoms with van der Waals surface area (Å²) in [5.74, 6) is 0.724. The Kier molecular flexibility index (Phi) is 3.34. The first-order valence-electron chi connectivity index (χ1n) is 7.01. The van der Waals surface area contributed by atoms with Crippen LogP contribution in [0.15, 0.2) is 6.07 Å². The molecule has 0 aromatic carbocycles. The van der Waals surface area contributed by atoms with Crippen LogP contribution in [0.2, 0.25) is 0 Å². The van der Waals surface area contributed by atoms with Crippen molar-refractivity contribution in [1.29, 1.82) is 5.26 Å². The first kappa shape index (κ1) is 12.4. The van der Waals surface area contributed by atoms with Gasteiger partial charge < -0.3 is 4.90 Å². The number of aromatic nitrogens is 2. The van der Waals surface area contributed by atoms with Gasteiger partial charge in [0.15, 0.2) is 0 Å². The lowest BCUT2D eigenvalue weighted by Crippen LogP contribution is -2.55. The lowest BCUT2D eigenvalue weighted by atomic mass is 10.00. The molecule has 5 heteroatoms. The van der Waals surface area contributed by atoms with E-state index in [0.29, 0.717) is 11.7 Å². The Labute approximate surface area is 113 Å². The standard InChI is InChI=1S/C14H19N5/c1-11-8-12(9-15)17-14(16-11)19-7-6-18-5-3-2-4-13(18)10-19/h8,13H,2-7,10H2,1H3. The third kappa shape index (κ3) is 2.54. The van der Waals surface area contributed by atoms with E-state index >= 15 is 0 Å². The molecule has 100 valence electrons. The van der Waals surface area contributed by atoms with Gasteiger partial charge in [-0.3, -0.25) is 4.90 Å². The molecule has 5 nitrogen and oxygen atoms in total. The monoisotopic (exact) mass is 257 g/mol. The molecule has 3 heterocycles. The average molecular weight is 257 g/mol. The second-order valence-corrected chi connectivity index (χ2v) is 5.44. The predicted octanol–water partition coefficient (Wildman–Crippen LogP) is 1.33. The molecular formula is C14H19N5. The van der Waals surface area contributed by atoms with Gasteiger partial charge in [-0.05, 0) is 32.4 Å². The predicted molar refractivity (Wildman–Crippen MR) is 72.9 cm³/mol. The second-order valence-electron chi connectivity index (χ2n) is 5.44. The van der Waals surface area contributed by atoms with Crippen molar-refractivity contribution in [3.05, 3.63) is 17.5 Å². The van der Waals surface area contributed by atoms with Crippen LogP contribution in [-0.2, 0) is 0 Å². The smallest absolute Gasteiger partial charge is 0.226 e. The van der Waals surface area contributed by atoms with Crippen molar-refractivity contribution in [2.75, 3.05) is 31.1 Å². The van der Waals surface area contributed by atoms with E-state index in [0.717, 1.165) is 31.3 Å². The highest BCUT2D eigenvalue weighted by molar-refractivity contribution is 5.37. The number of piperazine rings is 1. The number of anilines is 1. The quantitative estimate of drug-likeness (QED) is 0.759. The molecular weight excluding hydrogens is 238 g/mol. The van der Waals surface area contributed by atoms with Crippen LogP contribution < -0.4 is 4.90 Å². The van der Waals surface area contributed by atoms with Crippen LogP contribution >= 0.6 is 0 Å². The summed E-state index contributed by atoms with van der Waals surface area (Å²) in [7, 11) is 0. The lowest BCUT2D eigenvalue weighted by Gasteiger charge is -2.44. The number of hydrogen-bond donors (Lipinski definition) is 0. The molecule has 0 spiro atoms. The van der Waals surface area contributed by atoms with Crippen LogP contribution in [0.4, 0.5) is 5.95 Å². The van der Waals surface area contributed by atoms with Crippen molar-refractivity contribution in [2.24, 2.45) is 0 Å². The fourth-order valence-electron chi connectivity index (χ4n) is 3.09. The maximum absolute atomic E-state index is 9.01. The van der Waals surface area contributed by atoms with Crippen molar-refractivity contribution < 1.29 is 0 Å². The van der Waals surface area contributed by atoms with Gasteiger partial charge in [-0.15, -0.1) is 0 Å². The third-order valence-electron chi connectivity index (χ3n) is 4.08. The number of rotatable bonds is 1. The highest BCUT2D eigenvalue weighted by Gasteiger charge is 2.30. The van der Waals surface area contributed by atoms with Crippen LogP contribution in [0.3, 0.4) is 0 Å². The second kappa shape index (κ2) is 5.14. The SMILES string of the molecule is Cc1cc(C#N)nc(N2CCN3CCCCC3C2)n1. The molecule has 0 radical (unpaired) electrons. The Morgan fingerprint density at radius 2 is 2.16 bits per heavy atom. The summed E-state index contributed by atoms with van der Waals surface area (Å²) in [4.78, 5) is 13.7. The summed E-state index contributed by atoms with van der Waals surface area (Å²) in [5.41, 5.74) is 1.33. The minimum absolute atomic E-state index is 0.466. The number of nitrogens with zero attached hydrogens (tertiary/aromatic N) is 5. The zero-order chi connectivity index (χ0) is 13.2. The Hall–Kier alpha value is -1.67. The number of piperidine rings is 1. The Bertz CT molecular complexity index is 507. The number of aryl methyl sites for hydroxylation is 1. The van der Waals surface area contributed by atoms with Crippen LogP contribution in [0.5, 0.6) is 0 Å². The minimum Gasteiger partial charge on any atom is -0.338 e. The molecule has 2 aliphatic rings. The van der Waals surface area contributed by atoms with Gasteiger partial charge in [-0.25, -0.2) is 9.97 Å². The molecule has 1 atom stereocenters. The first-order chi connectivity index (χ1) is 9.26. The van der Waals surface area contributed by atoms with Gasteiger partial charge in [-0.1, -0.05) is 6.42 Å². The lowest BCUT2D eigenvalue weighted by molar-refractivity contribution is 0.133. The fourth-order valence-corrected chi connectivity index (χ4v) is 3.09. The molecule has 19 heavy (non-hydrogen) atoms. The third-order valence-corrected chi connectivity index (χ3v) is 4.08. The molecule has 3 rings (SSSR count). The van der Waals surface area contributed by atoms with Gasteiger partial charge in [0.05, 0.1) is 0 Å². The molecule has 2 saturated heterocycles. The largest absolute Gasteiger partial charge is 0.338 e. The van der Waals surface area contributed by atoms with Crippen molar-refractivity contribution in [3.8, 4) is 6.07 Å². The molecule has 2 fully saturated rings. The summed E-state index contributed by atoms with van der Waals surface area (Å²) in [6.07, 6.45) is 3.93. The van der Waals surface area contributed by atoms with E-state index in [-0.39, 0.29) is 0 Å². The van der Waals surface area contributed by atoms with Gasteiger partial charge in [0.25, 0.3) is 0 Å². The normalized spacial score (nSPS) is 23.8. The van der Waals surface area contributed by atoms with Crippen molar-refractivity contribution in [1.82, 2.24) is 14.9 Å². The van der Waals surface area contributed by atoms with Crippen LogP contribution in [0, 0.1) is 18.3 Å². The van der Waals surface area contributed by atoms with E-state index in [2.05, 4.69) is 25.8 Å². The van der Waals surface area contributed by atoms with E-state index < -0.39 is 0 Å². The molecule has 0 amide bonds. The molecule has 0 bridgehead atoms. The van der Waals surface area contributed by atoms with Gasteiger partial charge >= 0.3 is 0 Å². The summed E-state index contributed by atoms with van der Waals surface area (Å²) in [6, 6.07) is 4.49. The molecule has 0 saturated carbocycles. The molecule has 0 N–H and O–H groups in total. The first-order valence-corrected chi connectivity index (χ1v) is 7.01. The Balaban J connectivity index is 1.79. The average Bonchev–Trinajstić information content (AvgIpc) is 2.46. The summed E-state index contributed by atoms with van der Waals surface area (Å²) < 4.78 is 0. The van der Waals surface area contributed by atoms with Crippen LogP contribution in [-0.4, -0.2) is 47.1 Å². The summed E-state index contributed by atoms with van der Waals surface area (Å²) in [5, 5.41) is 9.01. The maximum Gasteiger partial charge on any atom is 0.226 e. The highest BCUT2D eigenvalue weighted by atomic mass is 15.3. The van der Waals surface area contributed by atoms with Gasteiger partial charge in [-0.2, -0.15) is 5.26 Å². The Morgan fingerprint density at radius 3 is 3.00 bits per heavy atom. The van der Waals surface area contributed by atoms with Crippen LogP contribution in [0.25, 0.3) is 0 Å². The molecule has 2 aliphatic heterocycles. The van der Waals surface area contributed by atoms with Crippen molar-refractivity contribution in [3.63, 3.8) is 0 Å². The fraction of sp³-hybridized carbons (Fsp3) is 0.643. The van der Waals surface area contributed by atoms with E-state index in [1.54, 1.807) is 6.07 Å². The maximum atomic E-state index is 9.01. The molecule has 1 aromatic heterocycles. The number of nitriles is 1. The highest BCUT2D eigenvalue weighted by Crippen LogP contribution is 2.23. The zero-order valence-corrected chi connectivity index (χ0v) is 11.3. The molecule has 1 unspecified atom stereocenters. The van der Waals surface area contributed by atoms with Crippen molar-refractivity contribution >= 4 is 5.95 Å². The van der Waals surface area contributed by atoms with Gasteiger partial charge in [0.2, 0.25) is 5.95 Å². The molecule has 0 aliphatic carbocycles. The van der Waals surface area contributed by atoms with Crippen molar-refractivity contribution in [2.45, 2.75) is 32.2 Å². The van der Waals surface area contributed by atoms with E-state index in [4.69, 9.17) is 5.26 Å². The zero-order valence-electron chi connectivity index (χ0n) is 11.3.